The van der Waals surface area contributed by atoms with Crippen LogP contribution in [-0.4, -0.2) is 51.1 Å². The van der Waals surface area contributed by atoms with Gasteiger partial charge in [-0.25, -0.2) is 9.37 Å². The molecule has 36 heavy (non-hydrogen) atoms. The quantitative estimate of drug-likeness (QED) is 0.368. The number of nitrogens with two attached hydrogens (primary N) is 1. The minimum atomic E-state index is -1.36. The summed E-state index contributed by atoms with van der Waals surface area (Å²) >= 11 is 0. The Morgan fingerprint density at radius 2 is 2.03 bits per heavy atom. The highest BCUT2D eigenvalue weighted by Crippen LogP contribution is 2.44. The van der Waals surface area contributed by atoms with E-state index in [2.05, 4.69) is 47.2 Å². The number of furan rings is 1. The van der Waals surface area contributed by atoms with Gasteiger partial charge >= 0.3 is 0 Å². The van der Waals surface area contributed by atoms with Gasteiger partial charge in [0.1, 0.15) is 23.6 Å². The number of aryl methyl sites for hydroxylation is 1. The third-order valence-corrected chi connectivity index (χ3v) is 6.76. The van der Waals surface area contributed by atoms with E-state index < -0.39 is 5.67 Å². The Morgan fingerprint density at radius 1 is 1.19 bits per heavy atom. The molecule has 2 unspecified atom stereocenters. The minimum absolute atomic E-state index is 0.109. The average Bonchev–Trinajstić information content (AvgIpc) is 3.47. The van der Waals surface area contributed by atoms with Crippen LogP contribution in [0.3, 0.4) is 0 Å². The number of halogens is 1. The van der Waals surface area contributed by atoms with Gasteiger partial charge in [-0.2, -0.15) is 5.10 Å². The summed E-state index contributed by atoms with van der Waals surface area (Å²) in [5.74, 6) is 1.37. The summed E-state index contributed by atoms with van der Waals surface area (Å²) in [5, 5.41) is 5.52. The Hall–Kier alpha value is -3.23. The molecule has 0 saturated heterocycles. The maximum atomic E-state index is 15.0. The van der Waals surface area contributed by atoms with Crippen LogP contribution in [0.4, 0.5) is 4.39 Å². The van der Waals surface area contributed by atoms with Crippen molar-refractivity contribution in [3.05, 3.63) is 65.8 Å². The molecule has 4 aromatic rings. The maximum absolute atomic E-state index is 15.0. The molecule has 3 aromatic heterocycles. The van der Waals surface area contributed by atoms with Gasteiger partial charge in [-0.15, -0.1) is 0 Å². The van der Waals surface area contributed by atoms with Crippen LogP contribution in [0.5, 0.6) is 5.88 Å². The lowest BCUT2D eigenvalue weighted by Crippen LogP contribution is -2.47. The summed E-state index contributed by atoms with van der Waals surface area (Å²) in [6.45, 7) is 9.40. The molecule has 0 radical (unpaired) electrons. The minimum Gasteiger partial charge on any atom is -0.476 e. The molecule has 0 aliphatic carbocycles. The molecular formula is C28H34FN5O2. The fourth-order valence-corrected chi connectivity index (χ4v) is 5.11. The molecule has 1 aliphatic rings. The Labute approximate surface area is 211 Å². The van der Waals surface area contributed by atoms with E-state index in [4.69, 9.17) is 14.9 Å². The van der Waals surface area contributed by atoms with Crippen molar-refractivity contribution >= 4 is 11.0 Å². The normalized spacial score (nSPS) is 18.5. The number of rotatable bonds is 8. The summed E-state index contributed by atoms with van der Waals surface area (Å²) in [4.78, 5) is 6.68. The molecule has 7 nitrogen and oxygen atoms in total. The fraction of sp³-hybridized carbons (Fsp3) is 0.429. The first-order chi connectivity index (χ1) is 17.3. The molecule has 0 spiro atoms. The van der Waals surface area contributed by atoms with Crippen molar-refractivity contribution in [2.45, 2.75) is 58.4 Å². The van der Waals surface area contributed by atoms with Gasteiger partial charge in [0.25, 0.3) is 0 Å². The van der Waals surface area contributed by atoms with Crippen molar-refractivity contribution in [2.24, 2.45) is 5.73 Å². The van der Waals surface area contributed by atoms with E-state index in [0.717, 1.165) is 46.4 Å². The van der Waals surface area contributed by atoms with Gasteiger partial charge in [0, 0.05) is 60.6 Å². The molecule has 2 N–H and O–H groups in total. The smallest absolute Gasteiger partial charge is 0.213 e. The van der Waals surface area contributed by atoms with E-state index >= 15 is 0 Å². The van der Waals surface area contributed by atoms with Crippen molar-refractivity contribution < 1.29 is 13.5 Å². The fourth-order valence-electron chi connectivity index (χ4n) is 5.11. The number of hydrogen-bond acceptors (Lipinski definition) is 6. The number of aromatic nitrogens is 3. The van der Waals surface area contributed by atoms with E-state index in [1.54, 1.807) is 20.0 Å². The zero-order valence-corrected chi connectivity index (χ0v) is 21.4. The molecule has 1 aromatic carbocycles. The molecule has 1 aliphatic heterocycles. The first-order valence-electron chi connectivity index (χ1n) is 12.6. The van der Waals surface area contributed by atoms with Crippen LogP contribution in [-0.2, 0) is 13.0 Å². The van der Waals surface area contributed by atoms with E-state index in [-0.39, 0.29) is 18.6 Å². The number of benzene rings is 1. The third-order valence-electron chi connectivity index (χ3n) is 6.76. The number of fused-ring (bicyclic) bond motifs is 3. The standard InChI is InChI=1S/C28H34FN5O2/c1-5-33-16-21(15-32-33)19-6-8-24-22(13-19)23-12-18(2)34(17-28(3,4)29)26(27(23)36-24)20-7-9-25(31-14-20)35-11-10-30/h6-9,13-16,18,26H,5,10-12,17,30H2,1-4H3. The number of ether oxygens (including phenoxy) is 1. The predicted octanol–water partition coefficient (Wildman–Crippen LogP) is 5.13. The molecule has 2 atom stereocenters. The summed E-state index contributed by atoms with van der Waals surface area (Å²) < 4.78 is 29.0. The van der Waals surface area contributed by atoms with Crippen LogP contribution in [0.15, 0.2) is 53.3 Å². The third kappa shape index (κ3) is 4.75. The highest BCUT2D eigenvalue weighted by molar-refractivity contribution is 5.87. The molecule has 8 heteroatoms. The van der Waals surface area contributed by atoms with Crippen molar-refractivity contribution in [3.63, 3.8) is 0 Å². The van der Waals surface area contributed by atoms with Gasteiger partial charge in [0.05, 0.1) is 12.2 Å². The Bertz CT molecular complexity index is 1340. The van der Waals surface area contributed by atoms with Gasteiger partial charge in [-0.3, -0.25) is 9.58 Å². The lowest BCUT2D eigenvalue weighted by Gasteiger charge is -2.41. The first kappa shape index (κ1) is 24.5. The lowest BCUT2D eigenvalue weighted by molar-refractivity contribution is 0.0598. The van der Waals surface area contributed by atoms with Crippen molar-refractivity contribution in [1.82, 2.24) is 19.7 Å². The predicted molar refractivity (Wildman–Crippen MR) is 139 cm³/mol. The van der Waals surface area contributed by atoms with Crippen LogP contribution in [0.25, 0.3) is 22.1 Å². The van der Waals surface area contributed by atoms with Gasteiger partial charge in [0.15, 0.2) is 0 Å². The highest BCUT2D eigenvalue weighted by Gasteiger charge is 2.40. The highest BCUT2D eigenvalue weighted by atomic mass is 19.1. The molecule has 0 saturated carbocycles. The summed E-state index contributed by atoms with van der Waals surface area (Å²) in [6, 6.07) is 9.97. The molecule has 0 bridgehead atoms. The van der Waals surface area contributed by atoms with Crippen molar-refractivity contribution in [3.8, 4) is 17.0 Å². The number of alkyl halides is 1. The summed E-state index contributed by atoms with van der Waals surface area (Å²) in [7, 11) is 0. The largest absolute Gasteiger partial charge is 0.476 e. The molecule has 4 heterocycles. The van der Waals surface area contributed by atoms with Gasteiger partial charge in [0.2, 0.25) is 5.88 Å². The Kier molecular flexibility index (Phi) is 6.57. The molecule has 0 fully saturated rings. The monoisotopic (exact) mass is 491 g/mol. The second kappa shape index (κ2) is 9.67. The topological polar surface area (TPSA) is 82.3 Å². The molecular weight excluding hydrogens is 457 g/mol. The maximum Gasteiger partial charge on any atom is 0.213 e. The zero-order valence-electron chi connectivity index (χ0n) is 21.4. The molecule has 0 amide bonds. The van der Waals surface area contributed by atoms with Gasteiger partial charge in [-0.1, -0.05) is 12.1 Å². The number of nitrogens with zero attached hydrogens (tertiary/aromatic N) is 4. The van der Waals surface area contributed by atoms with E-state index in [9.17, 15) is 4.39 Å². The summed E-state index contributed by atoms with van der Waals surface area (Å²) in [5.41, 5.74) is 9.31. The van der Waals surface area contributed by atoms with Gasteiger partial charge < -0.3 is 14.9 Å². The second-order valence-electron chi connectivity index (χ2n) is 10.2. The zero-order chi connectivity index (χ0) is 25.4. The van der Waals surface area contributed by atoms with Crippen LogP contribution in [0.1, 0.15) is 50.6 Å². The second-order valence-corrected chi connectivity index (χ2v) is 10.2. The summed E-state index contributed by atoms with van der Waals surface area (Å²) in [6.07, 6.45) is 6.53. The van der Waals surface area contributed by atoms with Gasteiger partial charge in [-0.05, 0) is 57.4 Å². The Balaban J connectivity index is 1.60. The molecule has 190 valence electrons. The first-order valence-corrected chi connectivity index (χ1v) is 12.6. The number of pyridine rings is 1. The lowest BCUT2D eigenvalue weighted by atomic mass is 9.88. The van der Waals surface area contributed by atoms with E-state index in [1.165, 1.54) is 5.56 Å². The van der Waals surface area contributed by atoms with Crippen LogP contribution >= 0.6 is 0 Å². The molecule has 5 rings (SSSR count). The average molecular weight is 492 g/mol. The van der Waals surface area contributed by atoms with Crippen molar-refractivity contribution in [1.29, 1.82) is 0 Å². The SMILES string of the molecule is CCn1cc(-c2ccc3oc4c(c3c2)CC(C)N(CC(C)(C)F)C4c2ccc(OCCN)nc2)cn1. The van der Waals surface area contributed by atoms with Crippen LogP contribution in [0.2, 0.25) is 0 Å². The Morgan fingerprint density at radius 3 is 2.69 bits per heavy atom. The van der Waals surface area contributed by atoms with E-state index in [1.807, 2.05) is 29.1 Å². The van der Waals surface area contributed by atoms with Crippen LogP contribution < -0.4 is 10.5 Å². The van der Waals surface area contributed by atoms with Crippen molar-refractivity contribution in [2.75, 3.05) is 19.7 Å². The number of hydrogen-bond donors (Lipinski definition) is 1. The van der Waals surface area contributed by atoms with E-state index in [0.29, 0.717) is 19.0 Å². The van der Waals surface area contributed by atoms with Crippen LogP contribution in [0, 0.1) is 0 Å².